The van der Waals surface area contributed by atoms with Gasteiger partial charge < -0.3 is 4.74 Å². The minimum atomic E-state index is 0.0739. The van der Waals surface area contributed by atoms with Crippen molar-refractivity contribution in [1.82, 2.24) is 0 Å². The van der Waals surface area contributed by atoms with E-state index in [1.54, 1.807) is 6.08 Å². The summed E-state index contributed by atoms with van der Waals surface area (Å²) in [4.78, 5) is 12.0. The molecule has 0 spiro atoms. The molecule has 0 bridgehead atoms. The van der Waals surface area contributed by atoms with Crippen molar-refractivity contribution in [3.63, 3.8) is 0 Å². The fourth-order valence-corrected chi connectivity index (χ4v) is 1.69. The van der Waals surface area contributed by atoms with Crippen LogP contribution in [0.25, 0.3) is 0 Å². The van der Waals surface area contributed by atoms with Crippen LogP contribution in [-0.4, -0.2) is 11.9 Å². The molecule has 0 unspecified atom stereocenters. The summed E-state index contributed by atoms with van der Waals surface area (Å²) in [7, 11) is 0. The van der Waals surface area contributed by atoms with Crippen molar-refractivity contribution < 1.29 is 9.53 Å². The number of hydrogen-bond acceptors (Lipinski definition) is 2. The van der Waals surface area contributed by atoms with Crippen molar-refractivity contribution in [1.29, 1.82) is 0 Å². The van der Waals surface area contributed by atoms with Crippen molar-refractivity contribution >= 4 is 5.78 Å². The molecular formula is C16H22O2. The fraction of sp³-hybridized carbons (Fsp3) is 0.438. The first-order chi connectivity index (χ1) is 8.56. The Balaban J connectivity index is 2.79. The lowest BCUT2D eigenvalue weighted by Gasteiger charge is -2.09. The van der Waals surface area contributed by atoms with Gasteiger partial charge in [-0.1, -0.05) is 19.4 Å². The number of allylic oxidation sites excluding steroid dienone is 2. The van der Waals surface area contributed by atoms with Crippen LogP contribution >= 0.6 is 0 Å². The van der Waals surface area contributed by atoms with Gasteiger partial charge in [-0.3, -0.25) is 4.79 Å². The molecule has 1 rings (SSSR count). The average Bonchev–Trinajstić information content (AvgIpc) is 2.35. The van der Waals surface area contributed by atoms with Crippen LogP contribution in [0.3, 0.4) is 0 Å². The van der Waals surface area contributed by atoms with Gasteiger partial charge in [0.25, 0.3) is 0 Å². The first-order valence-electron chi connectivity index (χ1n) is 6.57. The molecule has 0 saturated carbocycles. The van der Waals surface area contributed by atoms with E-state index in [4.69, 9.17) is 4.74 Å². The van der Waals surface area contributed by atoms with Gasteiger partial charge in [-0.25, -0.2) is 0 Å². The lowest BCUT2D eigenvalue weighted by atomic mass is 10.0. The Labute approximate surface area is 110 Å². The molecule has 0 atom stereocenters. The van der Waals surface area contributed by atoms with E-state index in [-0.39, 0.29) is 11.9 Å². The van der Waals surface area contributed by atoms with E-state index in [9.17, 15) is 4.79 Å². The molecule has 98 valence electrons. The molecule has 0 radical (unpaired) electrons. The Hall–Kier alpha value is -1.57. The predicted molar refractivity (Wildman–Crippen MR) is 75.2 cm³/mol. The second kappa shape index (κ2) is 7.00. The van der Waals surface area contributed by atoms with Crippen LogP contribution in [0.5, 0.6) is 5.75 Å². The third kappa shape index (κ3) is 4.36. The molecule has 18 heavy (non-hydrogen) atoms. The first kappa shape index (κ1) is 14.5. The largest absolute Gasteiger partial charge is 0.491 e. The minimum Gasteiger partial charge on any atom is -0.491 e. The zero-order valence-corrected chi connectivity index (χ0v) is 11.7. The zero-order chi connectivity index (χ0) is 13.5. The van der Waals surface area contributed by atoms with E-state index in [0.29, 0.717) is 5.56 Å². The Morgan fingerprint density at radius 3 is 2.17 bits per heavy atom. The van der Waals surface area contributed by atoms with E-state index in [0.717, 1.165) is 18.6 Å². The van der Waals surface area contributed by atoms with Gasteiger partial charge in [-0.15, -0.1) is 0 Å². The molecule has 0 saturated heterocycles. The standard InChI is InChI=1S/C16H22O2/c1-5-13(6-2)11-16(17)14-7-9-15(10-8-14)18-12(3)4/h7-12H,5-6H2,1-4H3. The maximum Gasteiger partial charge on any atom is 0.185 e. The predicted octanol–water partition coefficient (Wildman–Crippen LogP) is 4.40. The number of carbonyl (C=O) groups is 1. The van der Waals surface area contributed by atoms with E-state index < -0.39 is 0 Å². The van der Waals surface area contributed by atoms with Crippen LogP contribution in [0.2, 0.25) is 0 Å². The number of rotatable bonds is 6. The first-order valence-corrected chi connectivity index (χ1v) is 6.57. The minimum absolute atomic E-state index is 0.0739. The third-order valence-corrected chi connectivity index (χ3v) is 2.75. The second-order valence-corrected chi connectivity index (χ2v) is 4.56. The fourth-order valence-electron chi connectivity index (χ4n) is 1.69. The van der Waals surface area contributed by atoms with Crippen LogP contribution in [0, 0.1) is 0 Å². The smallest absolute Gasteiger partial charge is 0.185 e. The molecule has 0 aliphatic rings. The molecule has 0 aromatic heterocycles. The number of carbonyl (C=O) groups excluding carboxylic acids is 1. The Kier molecular flexibility index (Phi) is 5.63. The molecule has 0 N–H and O–H groups in total. The topological polar surface area (TPSA) is 26.3 Å². The summed E-state index contributed by atoms with van der Waals surface area (Å²) in [5.41, 5.74) is 1.90. The number of ether oxygens (including phenoxy) is 1. The van der Waals surface area contributed by atoms with Crippen molar-refractivity contribution in [2.24, 2.45) is 0 Å². The highest BCUT2D eigenvalue weighted by molar-refractivity contribution is 6.04. The summed E-state index contributed by atoms with van der Waals surface area (Å²) in [6.07, 6.45) is 3.75. The van der Waals surface area contributed by atoms with Gasteiger partial charge in [0, 0.05) is 5.56 Å². The maximum atomic E-state index is 12.0. The van der Waals surface area contributed by atoms with Crippen molar-refractivity contribution in [2.75, 3.05) is 0 Å². The molecule has 1 aromatic carbocycles. The normalized spacial score (nSPS) is 10.3. The van der Waals surface area contributed by atoms with Crippen molar-refractivity contribution in [3.05, 3.63) is 41.5 Å². The average molecular weight is 246 g/mol. The van der Waals surface area contributed by atoms with E-state index in [1.165, 1.54) is 5.57 Å². The van der Waals surface area contributed by atoms with Crippen LogP contribution in [0.15, 0.2) is 35.9 Å². The van der Waals surface area contributed by atoms with Gasteiger partial charge in [0.15, 0.2) is 5.78 Å². The Morgan fingerprint density at radius 1 is 1.17 bits per heavy atom. The SMILES string of the molecule is CCC(=CC(=O)c1ccc(OC(C)C)cc1)CC. The van der Waals surface area contributed by atoms with Gasteiger partial charge in [0.1, 0.15) is 5.75 Å². The van der Waals surface area contributed by atoms with Crippen molar-refractivity contribution in [3.8, 4) is 5.75 Å². The summed E-state index contributed by atoms with van der Waals surface area (Å²) in [6, 6.07) is 7.33. The molecule has 0 heterocycles. The van der Waals surface area contributed by atoms with Crippen LogP contribution in [0.4, 0.5) is 0 Å². The van der Waals surface area contributed by atoms with Gasteiger partial charge in [0.2, 0.25) is 0 Å². The van der Waals surface area contributed by atoms with E-state index in [2.05, 4.69) is 13.8 Å². The molecular weight excluding hydrogens is 224 g/mol. The highest BCUT2D eigenvalue weighted by Gasteiger charge is 2.04. The molecule has 2 heteroatoms. The summed E-state index contributed by atoms with van der Waals surface area (Å²) in [5, 5.41) is 0. The highest BCUT2D eigenvalue weighted by Crippen LogP contribution is 2.15. The van der Waals surface area contributed by atoms with Crippen LogP contribution in [0.1, 0.15) is 50.9 Å². The van der Waals surface area contributed by atoms with E-state index in [1.807, 2.05) is 38.1 Å². The molecule has 0 aliphatic heterocycles. The van der Waals surface area contributed by atoms with Gasteiger partial charge in [-0.2, -0.15) is 0 Å². The molecule has 0 fully saturated rings. The summed E-state index contributed by atoms with van der Waals surface area (Å²) >= 11 is 0. The summed E-state index contributed by atoms with van der Waals surface area (Å²) < 4.78 is 5.55. The summed E-state index contributed by atoms with van der Waals surface area (Å²) in [6.45, 7) is 8.11. The number of ketones is 1. The lowest BCUT2D eigenvalue weighted by molar-refractivity contribution is 0.104. The van der Waals surface area contributed by atoms with Crippen LogP contribution in [-0.2, 0) is 0 Å². The highest BCUT2D eigenvalue weighted by atomic mass is 16.5. The lowest BCUT2D eigenvalue weighted by Crippen LogP contribution is -2.05. The van der Waals surface area contributed by atoms with Crippen molar-refractivity contribution in [2.45, 2.75) is 46.6 Å². The third-order valence-electron chi connectivity index (χ3n) is 2.75. The molecule has 2 nitrogen and oxygen atoms in total. The number of hydrogen-bond donors (Lipinski definition) is 0. The molecule has 0 aliphatic carbocycles. The van der Waals surface area contributed by atoms with Gasteiger partial charge >= 0.3 is 0 Å². The molecule has 1 aromatic rings. The van der Waals surface area contributed by atoms with Crippen LogP contribution < -0.4 is 4.74 Å². The maximum absolute atomic E-state index is 12.0. The van der Waals surface area contributed by atoms with Gasteiger partial charge in [0.05, 0.1) is 6.10 Å². The Morgan fingerprint density at radius 2 is 1.72 bits per heavy atom. The number of benzene rings is 1. The quantitative estimate of drug-likeness (QED) is 0.549. The monoisotopic (exact) mass is 246 g/mol. The Bertz CT molecular complexity index is 407. The zero-order valence-electron chi connectivity index (χ0n) is 11.7. The molecule has 0 amide bonds. The van der Waals surface area contributed by atoms with Gasteiger partial charge in [-0.05, 0) is 57.0 Å². The second-order valence-electron chi connectivity index (χ2n) is 4.56. The van der Waals surface area contributed by atoms with E-state index >= 15 is 0 Å². The summed E-state index contributed by atoms with van der Waals surface area (Å²) in [5.74, 6) is 0.876.